The number of aryl methyl sites for hydroxylation is 1. The molecule has 2 atom stereocenters. The lowest BCUT2D eigenvalue weighted by atomic mass is 9.91. The summed E-state index contributed by atoms with van der Waals surface area (Å²) < 4.78 is 16.3. The molecule has 1 aromatic carbocycles. The van der Waals surface area contributed by atoms with Crippen LogP contribution in [0.4, 0.5) is 4.39 Å². The number of carbonyl (C=O) groups excluding carboxylic acids is 2. The smallest absolute Gasteiger partial charge is 0.256 e. The average Bonchev–Trinajstić information content (AvgIpc) is 3.29. The van der Waals surface area contributed by atoms with Gasteiger partial charge in [-0.3, -0.25) is 19.5 Å². The van der Waals surface area contributed by atoms with E-state index < -0.39 is 5.82 Å². The van der Waals surface area contributed by atoms with Crippen molar-refractivity contribution in [2.75, 3.05) is 39.8 Å². The fourth-order valence-corrected chi connectivity index (χ4v) is 6.25. The molecule has 1 saturated carbocycles. The van der Waals surface area contributed by atoms with E-state index in [0.717, 1.165) is 60.9 Å². The minimum absolute atomic E-state index is 0.0101. The molecule has 0 spiro atoms. The van der Waals surface area contributed by atoms with Crippen LogP contribution < -0.4 is 0 Å². The molecule has 1 aliphatic carbocycles. The molecule has 0 bridgehead atoms. The molecule has 200 valence electrons. The number of likely N-dealkylation sites (tertiary alicyclic amines) is 2. The quantitative estimate of drug-likeness (QED) is 0.477. The summed E-state index contributed by atoms with van der Waals surface area (Å²) in [5, 5.41) is 1.13. The monoisotopic (exact) mass is 517 g/mol. The van der Waals surface area contributed by atoms with Gasteiger partial charge < -0.3 is 14.4 Å². The Morgan fingerprint density at radius 2 is 1.87 bits per heavy atom. The van der Waals surface area contributed by atoms with E-state index in [9.17, 15) is 14.0 Å². The van der Waals surface area contributed by atoms with Gasteiger partial charge in [0.2, 0.25) is 5.91 Å². The highest BCUT2D eigenvalue weighted by molar-refractivity contribution is 5.99. The fraction of sp³-hybridized carbons (Fsp3) is 0.500. The lowest BCUT2D eigenvalue weighted by Crippen LogP contribution is -2.52. The van der Waals surface area contributed by atoms with Gasteiger partial charge >= 0.3 is 0 Å². The van der Waals surface area contributed by atoms with Crippen molar-refractivity contribution in [3.05, 3.63) is 59.3 Å². The molecule has 7 nitrogen and oxygen atoms in total. The topological polar surface area (TPSA) is 61.7 Å². The Morgan fingerprint density at radius 1 is 1.13 bits per heavy atom. The highest BCUT2D eigenvalue weighted by Gasteiger charge is 2.46. The van der Waals surface area contributed by atoms with Crippen molar-refractivity contribution in [3.63, 3.8) is 0 Å². The number of piperidine rings is 1. The van der Waals surface area contributed by atoms with Crippen molar-refractivity contribution in [1.29, 1.82) is 0 Å². The zero-order chi connectivity index (χ0) is 26.7. The van der Waals surface area contributed by atoms with Crippen LogP contribution in [0.3, 0.4) is 0 Å². The molecule has 3 fully saturated rings. The van der Waals surface area contributed by atoms with Gasteiger partial charge in [0.05, 0.1) is 29.5 Å². The highest BCUT2D eigenvalue weighted by Crippen LogP contribution is 2.45. The first kappa shape index (κ1) is 25.0. The van der Waals surface area contributed by atoms with Crippen molar-refractivity contribution in [1.82, 2.24) is 24.3 Å². The van der Waals surface area contributed by atoms with E-state index >= 15 is 0 Å². The van der Waals surface area contributed by atoms with Crippen molar-refractivity contribution in [2.24, 2.45) is 17.8 Å². The summed E-state index contributed by atoms with van der Waals surface area (Å²) in [7, 11) is 1.74. The average molecular weight is 518 g/mol. The number of amides is 2. The van der Waals surface area contributed by atoms with Gasteiger partial charge in [-0.25, -0.2) is 4.39 Å². The summed E-state index contributed by atoms with van der Waals surface area (Å²) in [6.07, 6.45) is 7.96. The van der Waals surface area contributed by atoms with E-state index in [1.54, 1.807) is 18.0 Å². The van der Waals surface area contributed by atoms with E-state index in [4.69, 9.17) is 0 Å². The van der Waals surface area contributed by atoms with Gasteiger partial charge in [-0.15, -0.1) is 0 Å². The van der Waals surface area contributed by atoms with Crippen LogP contribution >= 0.6 is 0 Å². The molecule has 2 amide bonds. The second-order valence-electron chi connectivity index (χ2n) is 11.9. The lowest BCUT2D eigenvalue weighted by Gasteiger charge is -2.39. The predicted octanol–water partition coefficient (Wildman–Crippen LogP) is 3.91. The van der Waals surface area contributed by atoms with Gasteiger partial charge in [0.15, 0.2) is 0 Å². The highest BCUT2D eigenvalue weighted by atomic mass is 19.1. The zero-order valence-electron chi connectivity index (χ0n) is 22.7. The number of fused-ring (bicyclic) bond motifs is 2. The van der Waals surface area contributed by atoms with E-state index in [-0.39, 0.29) is 17.9 Å². The molecule has 38 heavy (non-hydrogen) atoms. The number of benzene rings is 1. The maximum absolute atomic E-state index is 14.3. The Balaban J connectivity index is 1.24. The molecule has 0 radical (unpaired) electrons. The molecule has 3 aliphatic rings. The molecular formula is C30H36FN5O2. The van der Waals surface area contributed by atoms with E-state index in [0.29, 0.717) is 23.7 Å². The molecule has 8 heteroatoms. The SMILES string of the molecule is Cc1cncc2c1c(CC1CN(CC(=O)N3CC4CC4C3)C1)cn2-c1ccc(F)cc1C(=O)N(C)C(C)C. The first-order valence-corrected chi connectivity index (χ1v) is 13.7. The zero-order valence-corrected chi connectivity index (χ0v) is 22.7. The van der Waals surface area contributed by atoms with Crippen molar-refractivity contribution < 1.29 is 14.0 Å². The third-order valence-corrected chi connectivity index (χ3v) is 8.76. The van der Waals surface area contributed by atoms with Gasteiger partial charge in [0.25, 0.3) is 5.91 Å². The maximum Gasteiger partial charge on any atom is 0.256 e. The Kier molecular flexibility index (Phi) is 6.25. The Labute approximate surface area is 223 Å². The molecule has 2 aromatic heterocycles. The van der Waals surface area contributed by atoms with Crippen LogP contribution in [0.2, 0.25) is 0 Å². The van der Waals surface area contributed by atoms with Gasteiger partial charge in [0.1, 0.15) is 5.82 Å². The number of hydrogen-bond acceptors (Lipinski definition) is 4. The molecule has 4 heterocycles. The Hall–Kier alpha value is -3.26. The van der Waals surface area contributed by atoms with Crippen LogP contribution in [0.15, 0.2) is 36.8 Å². The molecule has 2 unspecified atom stereocenters. The Morgan fingerprint density at radius 3 is 2.58 bits per heavy atom. The van der Waals surface area contributed by atoms with Crippen LogP contribution in [0.25, 0.3) is 16.6 Å². The molecule has 2 aliphatic heterocycles. The number of halogens is 1. The van der Waals surface area contributed by atoms with E-state index in [2.05, 4.69) is 27.9 Å². The minimum atomic E-state index is -0.435. The summed E-state index contributed by atoms with van der Waals surface area (Å²) in [5.41, 5.74) is 4.16. The van der Waals surface area contributed by atoms with Crippen LogP contribution in [0.1, 0.15) is 41.8 Å². The van der Waals surface area contributed by atoms with E-state index in [1.807, 2.05) is 30.8 Å². The number of aromatic nitrogens is 2. The maximum atomic E-state index is 14.3. The third kappa shape index (κ3) is 4.49. The summed E-state index contributed by atoms with van der Waals surface area (Å²) in [5.74, 6) is 1.61. The van der Waals surface area contributed by atoms with Gasteiger partial charge in [-0.1, -0.05) is 0 Å². The van der Waals surface area contributed by atoms with Gasteiger partial charge in [0, 0.05) is 57.0 Å². The first-order valence-electron chi connectivity index (χ1n) is 13.7. The molecule has 3 aromatic rings. The summed E-state index contributed by atoms with van der Waals surface area (Å²) in [6.45, 7) is 10.2. The normalized spacial score (nSPS) is 21.2. The second kappa shape index (κ2) is 9.49. The van der Waals surface area contributed by atoms with Crippen LogP contribution in [0, 0.1) is 30.5 Å². The number of pyridine rings is 1. The largest absolute Gasteiger partial charge is 0.341 e. The number of hydrogen-bond donors (Lipinski definition) is 0. The standard InChI is InChI=1S/C30H36FN5O2/c1-18(2)33(4)30(38)25-9-24(31)5-6-26(25)36-16-23(29-19(3)10-32-11-27(29)36)7-20-12-34(13-20)17-28(37)35-14-21-8-22(21)15-35/h5-6,9-11,16,18,20-22H,7-8,12-15,17H2,1-4H3. The van der Waals surface area contributed by atoms with Crippen molar-refractivity contribution in [3.8, 4) is 5.69 Å². The number of nitrogens with zero attached hydrogens (tertiary/aromatic N) is 5. The summed E-state index contributed by atoms with van der Waals surface area (Å²) in [6, 6.07) is 4.40. The second-order valence-corrected chi connectivity index (χ2v) is 11.9. The molecule has 0 N–H and O–H groups in total. The molecule has 2 saturated heterocycles. The number of rotatable bonds is 7. The first-order chi connectivity index (χ1) is 18.2. The fourth-order valence-electron chi connectivity index (χ4n) is 6.25. The predicted molar refractivity (Wildman–Crippen MR) is 145 cm³/mol. The molecular weight excluding hydrogens is 481 g/mol. The van der Waals surface area contributed by atoms with Crippen LogP contribution in [-0.4, -0.2) is 81.9 Å². The summed E-state index contributed by atoms with van der Waals surface area (Å²) >= 11 is 0. The number of carbonyl (C=O) groups is 2. The summed E-state index contributed by atoms with van der Waals surface area (Å²) in [4.78, 5) is 36.3. The van der Waals surface area contributed by atoms with Gasteiger partial charge in [-0.05, 0) is 80.7 Å². The van der Waals surface area contributed by atoms with Gasteiger partial charge in [-0.2, -0.15) is 0 Å². The van der Waals surface area contributed by atoms with Crippen molar-refractivity contribution >= 4 is 22.7 Å². The Bertz CT molecular complexity index is 1400. The van der Waals surface area contributed by atoms with Crippen LogP contribution in [0.5, 0.6) is 0 Å². The third-order valence-electron chi connectivity index (χ3n) is 8.76. The lowest BCUT2D eigenvalue weighted by molar-refractivity contribution is -0.133. The van der Waals surface area contributed by atoms with Crippen LogP contribution in [-0.2, 0) is 11.2 Å². The van der Waals surface area contributed by atoms with E-state index in [1.165, 1.54) is 24.1 Å². The minimum Gasteiger partial charge on any atom is -0.341 e. The molecule has 6 rings (SSSR count). The van der Waals surface area contributed by atoms with Crippen molar-refractivity contribution in [2.45, 2.75) is 39.7 Å².